The standard InChI is InChI=1S/C15H23ClN2O4S/c16-12-5-6-14(22-11-13-4-1-2-9-21-13)15(10-12)23(19,20)18-8-3-7-17/h5-6,10,13,18H,1-4,7-9,11,17H2. The topological polar surface area (TPSA) is 90.7 Å². The zero-order chi connectivity index (χ0) is 16.7. The maximum Gasteiger partial charge on any atom is 0.244 e. The maximum absolute atomic E-state index is 12.4. The Kier molecular flexibility index (Phi) is 7.10. The van der Waals surface area contributed by atoms with Crippen molar-refractivity contribution in [2.75, 3.05) is 26.3 Å². The molecule has 6 nitrogen and oxygen atoms in total. The summed E-state index contributed by atoms with van der Waals surface area (Å²) in [5.41, 5.74) is 5.39. The Morgan fingerprint density at radius 2 is 2.22 bits per heavy atom. The van der Waals surface area contributed by atoms with E-state index in [2.05, 4.69) is 4.72 Å². The highest BCUT2D eigenvalue weighted by Gasteiger charge is 2.21. The number of benzene rings is 1. The molecule has 1 unspecified atom stereocenters. The highest BCUT2D eigenvalue weighted by molar-refractivity contribution is 7.89. The van der Waals surface area contributed by atoms with Gasteiger partial charge in [-0.25, -0.2) is 13.1 Å². The van der Waals surface area contributed by atoms with Crippen molar-refractivity contribution in [3.05, 3.63) is 23.2 Å². The van der Waals surface area contributed by atoms with Gasteiger partial charge in [-0.1, -0.05) is 11.6 Å². The Balaban J connectivity index is 2.09. The van der Waals surface area contributed by atoms with Crippen molar-refractivity contribution in [2.45, 2.75) is 36.7 Å². The van der Waals surface area contributed by atoms with Gasteiger partial charge in [-0.2, -0.15) is 0 Å². The van der Waals surface area contributed by atoms with E-state index in [1.807, 2.05) is 0 Å². The molecule has 23 heavy (non-hydrogen) atoms. The van der Waals surface area contributed by atoms with Crippen molar-refractivity contribution in [1.29, 1.82) is 0 Å². The quantitative estimate of drug-likeness (QED) is 0.689. The molecule has 3 N–H and O–H groups in total. The molecule has 1 aliphatic heterocycles. The first-order valence-electron chi connectivity index (χ1n) is 7.76. The molecule has 1 heterocycles. The normalized spacial score (nSPS) is 18.8. The van der Waals surface area contributed by atoms with Gasteiger partial charge < -0.3 is 15.2 Å². The lowest BCUT2D eigenvalue weighted by atomic mass is 10.1. The van der Waals surface area contributed by atoms with Crippen LogP contribution in [-0.4, -0.2) is 40.8 Å². The third-order valence-electron chi connectivity index (χ3n) is 3.57. The van der Waals surface area contributed by atoms with Gasteiger partial charge in [0, 0.05) is 18.2 Å². The first kappa shape index (κ1) is 18.5. The minimum absolute atomic E-state index is 0.000168. The Bertz CT molecular complexity index is 603. The number of nitrogens with two attached hydrogens (primary N) is 1. The SMILES string of the molecule is NCCCNS(=O)(=O)c1cc(Cl)ccc1OCC1CCCCO1. The molecule has 0 aromatic heterocycles. The fourth-order valence-corrected chi connectivity index (χ4v) is 3.80. The van der Waals surface area contributed by atoms with E-state index in [1.165, 1.54) is 6.07 Å². The van der Waals surface area contributed by atoms with Crippen LogP contribution in [0.4, 0.5) is 0 Å². The van der Waals surface area contributed by atoms with Crippen molar-refractivity contribution < 1.29 is 17.9 Å². The molecule has 1 fully saturated rings. The summed E-state index contributed by atoms with van der Waals surface area (Å²) in [6.45, 7) is 1.74. The van der Waals surface area contributed by atoms with Crippen LogP contribution in [0.1, 0.15) is 25.7 Å². The fourth-order valence-electron chi connectivity index (χ4n) is 2.32. The summed E-state index contributed by atoms with van der Waals surface area (Å²) in [5, 5.41) is 0.338. The van der Waals surface area contributed by atoms with Crippen LogP contribution in [0.5, 0.6) is 5.75 Å². The third kappa shape index (κ3) is 5.61. The largest absolute Gasteiger partial charge is 0.489 e. The van der Waals surface area contributed by atoms with Gasteiger partial charge in [0.25, 0.3) is 0 Å². The summed E-state index contributed by atoms with van der Waals surface area (Å²) in [5.74, 6) is 0.281. The van der Waals surface area contributed by atoms with E-state index in [0.717, 1.165) is 25.9 Å². The van der Waals surface area contributed by atoms with Crippen LogP contribution in [-0.2, 0) is 14.8 Å². The van der Waals surface area contributed by atoms with Crippen LogP contribution in [0, 0.1) is 0 Å². The van der Waals surface area contributed by atoms with Crippen molar-refractivity contribution in [3.8, 4) is 5.75 Å². The second-order valence-electron chi connectivity index (χ2n) is 5.43. The molecular formula is C15H23ClN2O4S. The van der Waals surface area contributed by atoms with Crippen LogP contribution < -0.4 is 15.2 Å². The van der Waals surface area contributed by atoms with Crippen LogP contribution in [0.2, 0.25) is 5.02 Å². The zero-order valence-electron chi connectivity index (χ0n) is 13.0. The molecule has 1 aliphatic rings. The minimum Gasteiger partial charge on any atom is -0.489 e. The van der Waals surface area contributed by atoms with E-state index >= 15 is 0 Å². The summed E-state index contributed by atoms with van der Waals surface area (Å²) in [6, 6.07) is 4.57. The fraction of sp³-hybridized carbons (Fsp3) is 0.600. The first-order chi connectivity index (χ1) is 11.0. The Morgan fingerprint density at radius 1 is 1.39 bits per heavy atom. The first-order valence-corrected chi connectivity index (χ1v) is 9.63. The molecule has 8 heteroatoms. The molecule has 0 saturated carbocycles. The lowest BCUT2D eigenvalue weighted by molar-refractivity contribution is -0.0116. The number of nitrogens with one attached hydrogen (secondary N) is 1. The van der Waals surface area contributed by atoms with Gasteiger partial charge in [0.05, 0.1) is 6.10 Å². The second-order valence-corrected chi connectivity index (χ2v) is 7.60. The summed E-state index contributed by atoms with van der Waals surface area (Å²) in [4.78, 5) is 0.0397. The van der Waals surface area contributed by atoms with Gasteiger partial charge in [0.1, 0.15) is 17.3 Å². The predicted octanol–water partition coefficient (Wildman–Crippen LogP) is 1.91. The zero-order valence-corrected chi connectivity index (χ0v) is 14.5. The number of rotatable bonds is 8. The average Bonchev–Trinajstić information content (AvgIpc) is 2.55. The number of ether oxygens (including phenoxy) is 2. The average molecular weight is 363 g/mol. The van der Waals surface area contributed by atoms with E-state index in [-0.39, 0.29) is 23.3 Å². The minimum atomic E-state index is -3.69. The van der Waals surface area contributed by atoms with Gasteiger partial charge in [0.15, 0.2) is 0 Å². The van der Waals surface area contributed by atoms with Crippen molar-refractivity contribution in [3.63, 3.8) is 0 Å². The van der Waals surface area contributed by atoms with Gasteiger partial charge in [-0.3, -0.25) is 0 Å². The Morgan fingerprint density at radius 3 is 2.91 bits per heavy atom. The molecule has 1 saturated heterocycles. The molecular weight excluding hydrogens is 340 g/mol. The van der Waals surface area contributed by atoms with Gasteiger partial charge >= 0.3 is 0 Å². The third-order valence-corrected chi connectivity index (χ3v) is 5.28. The van der Waals surface area contributed by atoms with E-state index in [1.54, 1.807) is 12.1 Å². The summed E-state index contributed by atoms with van der Waals surface area (Å²) >= 11 is 5.94. The molecule has 0 aliphatic carbocycles. The summed E-state index contributed by atoms with van der Waals surface area (Å²) in [7, 11) is -3.69. The molecule has 130 valence electrons. The van der Waals surface area contributed by atoms with Crippen molar-refractivity contribution >= 4 is 21.6 Å². The van der Waals surface area contributed by atoms with E-state index in [9.17, 15) is 8.42 Å². The molecule has 2 rings (SSSR count). The smallest absolute Gasteiger partial charge is 0.244 e. The highest BCUT2D eigenvalue weighted by Crippen LogP contribution is 2.28. The molecule has 1 atom stereocenters. The van der Waals surface area contributed by atoms with Crippen LogP contribution in [0.25, 0.3) is 0 Å². The Hall–Kier alpha value is -0.860. The molecule has 0 spiro atoms. The maximum atomic E-state index is 12.4. The Labute approximate surface area is 142 Å². The highest BCUT2D eigenvalue weighted by atomic mass is 35.5. The van der Waals surface area contributed by atoms with Crippen molar-refractivity contribution in [2.24, 2.45) is 5.73 Å². The van der Waals surface area contributed by atoms with E-state index < -0.39 is 10.0 Å². The molecule has 1 aromatic carbocycles. The molecule has 0 bridgehead atoms. The number of hydrogen-bond donors (Lipinski definition) is 2. The molecule has 0 amide bonds. The summed E-state index contributed by atoms with van der Waals surface area (Å²) < 4.78 is 38.6. The second kappa shape index (κ2) is 8.84. The van der Waals surface area contributed by atoms with Gasteiger partial charge in [-0.15, -0.1) is 0 Å². The van der Waals surface area contributed by atoms with Crippen LogP contribution >= 0.6 is 11.6 Å². The lowest BCUT2D eigenvalue weighted by Crippen LogP contribution is -2.28. The van der Waals surface area contributed by atoms with Gasteiger partial charge in [0.2, 0.25) is 10.0 Å². The van der Waals surface area contributed by atoms with E-state index in [4.69, 9.17) is 26.8 Å². The molecule has 1 aromatic rings. The monoisotopic (exact) mass is 362 g/mol. The van der Waals surface area contributed by atoms with Crippen LogP contribution in [0.3, 0.4) is 0 Å². The lowest BCUT2D eigenvalue weighted by Gasteiger charge is -2.23. The molecule has 0 radical (unpaired) electrons. The van der Waals surface area contributed by atoms with Crippen LogP contribution in [0.15, 0.2) is 23.1 Å². The number of hydrogen-bond acceptors (Lipinski definition) is 5. The van der Waals surface area contributed by atoms with E-state index in [0.29, 0.717) is 24.6 Å². The van der Waals surface area contributed by atoms with Crippen molar-refractivity contribution in [1.82, 2.24) is 4.72 Å². The van der Waals surface area contributed by atoms with Gasteiger partial charge in [-0.05, 0) is 50.4 Å². The summed E-state index contributed by atoms with van der Waals surface area (Å²) in [6.07, 6.45) is 3.64. The predicted molar refractivity (Wildman–Crippen MR) is 89.4 cm³/mol. The number of sulfonamides is 1. The number of halogens is 1.